The molecule has 0 aliphatic rings. The zero-order valence-electron chi connectivity index (χ0n) is 7.67. The highest BCUT2D eigenvalue weighted by Gasteiger charge is 2.05. The lowest BCUT2D eigenvalue weighted by atomic mass is 10.4. The maximum Gasteiger partial charge on any atom is 0.0784 e. The van der Waals surface area contributed by atoms with Crippen LogP contribution in [0.2, 0.25) is 0 Å². The maximum atomic E-state index is 5.45. The lowest BCUT2D eigenvalue weighted by Crippen LogP contribution is -2.27. The molecular weight excluding hydrogens is 142 g/mol. The van der Waals surface area contributed by atoms with Crippen LogP contribution >= 0.6 is 0 Å². The zero-order valence-corrected chi connectivity index (χ0v) is 7.67. The van der Waals surface area contributed by atoms with Crippen molar-refractivity contribution >= 4 is 0 Å². The van der Waals surface area contributed by atoms with Gasteiger partial charge in [0.2, 0.25) is 0 Å². The molecule has 0 saturated carbocycles. The minimum absolute atomic E-state index is 0.130. The summed E-state index contributed by atoms with van der Waals surface area (Å²) in [4.78, 5) is 0. The van der Waals surface area contributed by atoms with E-state index in [1.54, 1.807) is 0 Å². The van der Waals surface area contributed by atoms with Gasteiger partial charge in [-0.3, -0.25) is 0 Å². The minimum Gasteiger partial charge on any atom is -0.379 e. The van der Waals surface area contributed by atoms with E-state index in [4.69, 9.17) is 15.2 Å². The SMILES string of the molecule is CCOCC(C)OC(C)CN. The second kappa shape index (κ2) is 6.58. The first-order valence-corrected chi connectivity index (χ1v) is 4.14. The highest BCUT2D eigenvalue weighted by molar-refractivity contribution is 4.54. The second-order valence-corrected chi connectivity index (χ2v) is 2.65. The topological polar surface area (TPSA) is 44.5 Å². The summed E-state index contributed by atoms with van der Waals surface area (Å²) in [6.07, 6.45) is 0.277. The molecule has 0 radical (unpaired) electrons. The van der Waals surface area contributed by atoms with Crippen LogP contribution in [0.25, 0.3) is 0 Å². The van der Waals surface area contributed by atoms with Gasteiger partial charge in [0, 0.05) is 13.2 Å². The summed E-state index contributed by atoms with van der Waals surface area (Å²) in [6.45, 7) is 7.88. The summed E-state index contributed by atoms with van der Waals surface area (Å²) in [5, 5.41) is 0. The van der Waals surface area contributed by atoms with Crippen molar-refractivity contribution in [2.24, 2.45) is 5.73 Å². The van der Waals surface area contributed by atoms with Gasteiger partial charge in [-0.1, -0.05) is 0 Å². The summed E-state index contributed by atoms with van der Waals surface area (Å²) in [5.74, 6) is 0. The Morgan fingerprint density at radius 1 is 1.27 bits per heavy atom. The van der Waals surface area contributed by atoms with Crippen LogP contribution in [0.1, 0.15) is 20.8 Å². The monoisotopic (exact) mass is 161 g/mol. The minimum atomic E-state index is 0.130. The van der Waals surface area contributed by atoms with Crippen LogP contribution in [-0.4, -0.2) is 32.0 Å². The fourth-order valence-electron chi connectivity index (χ4n) is 0.775. The number of hydrogen-bond donors (Lipinski definition) is 1. The molecule has 3 heteroatoms. The number of nitrogens with two attached hydrogens (primary N) is 1. The van der Waals surface area contributed by atoms with Crippen LogP contribution in [0.5, 0.6) is 0 Å². The molecule has 0 amide bonds. The Morgan fingerprint density at radius 2 is 1.91 bits per heavy atom. The third-order valence-corrected chi connectivity index (χ3v) is 1.35. The van der Waals surface area contributed by atoms with Gasteiger partial charge in [0.15, 0.2) is 0 Å². The first-order valence-electron chi connectivity index (χ1n) is 4.14. The summed E-state index contributed by atoms with van der Waals surface area (Å²) in [5.41, 5.74) is 5.38. The van der Waals surface area contributed by atoms with Crippen molar-refractivity contribution in [1.29, 1.82) is 0 Å². The standard InChI is InChI=1S/C8H19NO2/c1-4-10-6-8(3)11-7(2)5-9/h7-8H,4-6,9H2,1-3H3. The second-order valence-electron chi connectivity index (χ2n) is 2.65. The molecule has 2 unspecified atom stereocenters. The molecule has 2 N–H and O–H groups in total. The van der Waals surface area contributed by atoms with Gasteiger partial charge in [-0.05, 0) is 20.8 Å². The van der Waals surface area contributed by atoms with Gasteiger partial charge < -0.3 is 15.2 Å². The summed E-state index contributed by atoms with van der Waals surface area (Å²) in [7, 11) is 0. The Bertz CT molecular complexity index is 88.2. The predicted octanol–water partition coefficient (Wildman–Crippen LogP) is 0.775. The van der Waals surface area contributed by atoms with Gasteiger partial charge in [0.25, 0.3) is 0 Å². The van der Waals surface area contributed by atoms with E-state index in [-0.39, 0.29) is 12.2 Å². The van der Waals surface area contributed by atoms with Crippen LogP contribution in [0.15, 0.2) is 0 Å². The average Bonchev–Trinajstić information content (AvgIpc) is 2.00. The molecule has 0 spiro atoms. The summed E-state index contributed by atoms with van der Waals surface area (Å²) >= 11 is 0. The lowest BCUT2D eigenvalue weighted by molar-refractivity contribution is -0.0356. The van der Waals surface area contributed by atoms with Gasteiger partial charge in [-0.25, -0.2) is 0 Å². The molecular formula is C8H19NO2. The first-order chi connectivity index (χ1) is 5.20. The Morgan fingerprint density at radius 3 is 2.36 bits per heavy atom. The van der Waals surface area contributed by atoms with Crippen LogP contribution in [0.4, 0.5) is 0 Å². The fourth-order valence-corrected chi connectivity index (χ4v) is 0.775. The molecule has 0 aliphatic carbocycles. The van der Waals surface area contributed by atoms with E-state index in [9.17, 15) is 0 Å². The van der Waals surface area contributed by atoms with Crippen molar-refractivity contribution in [3.8, 4) is 0 Å². The van der Waals surface area contributed by atoms with Crippen molar-refractivity contribution in [1.82, 2.24) is 0 Å². The molecule has 0 aliphatic heterocycles. The van der Waals surface area contributed by atoms with Gasteiger partial charge in [-0.2, -0.15) is 0 Å². The summed E-state index contributed by atoms with van der Waals surface area (Å²) < 4.78 is 10.6. The molecule has 0 bridgehead atoms. The van der Waals surface area contributed by atoms with E-state index in [1.807, 2.05) is 20.8 Å². The van der Waals surface area contributed by atoms with Crippen molar-refractivity contribution in [3.05, 3.63) is 0 Å². The largest absolute Gasteiger partial charge is 0.379 e. The van der Waals surface area contributed by atoms with Gasteiger partial charge in [-0.15, -0.1) is 0 Å². The van der Waals surface area contributed by atoms with Crippen LogP contribution in [0.3, 0.4) is 0 Å². The highest BCUT2D eigenvalue weighted by atomic mass is 16.5. The van der Waals surface area contributed by atoms with E-state index in [1.165, 1.54) is 0 Å². The smallest absolute Gasteiger partial charge is 0.0784 e. The van der Waals surface area contributed by atoms with Gasteiger partial charge in [0.05, 0.1) is 18.8 Å². The number of rotatable bonds is 6. The van der Waals surface area contributed by atoms with Crippen LogP contribution in [0, 0.1) is 0 Å². The molecule has 0 saturated heterocycles. The molecule has 11 heavy (non-hydrogen) atoms. The zero-order chi connectivity index (χ0) is 8.69. The molecule has 0 heterocycles. The van der Waals surface area contributed by atoms with Crippen molar-refractivity contribution in [2.75, 3.05) is 19.8 Å². The van der Waals surface area contributed by atoms with Gasteiger partial charge in [0.1, 0.15) is 0 Å². The highest BCUT2D eigenvalue weighted by Crippen LogP contribution is 1.96. The van der Waals surface area contributed by atoms with E-state index < -0.39 is 0 Å². The Kier molecular flexibility index (Phi) is 6.51. The molecule has 0 aromatic rings. The Hall–Kier alpha value is -0.120. The normalized spacial score (nSPS) is 16.4. The lowest BCUT2D eigenvalue weighted by Gasteiger charge is -2.17. The number of hydrogen-bond acceptors (Lipinski definition) is 3. The van der Waals surface area contributed by atoms with E-state index >= 15 is 0 Å². The van der Waals surface area contributed by atoms with Crippen LogP contribution in [-0.2, 0) is 9.47 Å². The molecule has 0 fully saturated rings. The van der Waals surface area contributed by atoms with E-state index in [0.717, 1.165) is 6.61 Å². The van der Waals surface area contributed by atoms with E-state index in [0.29, 0.717) is 13.2 Å². The first kappa shape index (κ1) is 10.9. The molecule has 0 aromatic heterocycles. The Labute approximate surface area is 68.9 Å². The molecule has 2 atom stereocenters. The predicted molar refractivity (Wildman–Crippen MR) is 45.6 cm³/mol. The fraction of sp³-hybridized carbons (Fsp3) is 1.00. The van der Waals surface area contributed by atoms with Crippen molar-refractivity contribution in [2.45, 2.75) is 33.0 Å². The third kappa shape index (κ3) is 6.28. The molecule has 0 aromatic carbocycles. The molecule has 0 rings (SSSR count). The number of ether oxygens (including phenoxy) is 2. The summed E-state index contributed by atoms with van der Waals surface area (Å²) in [6, 6.07) is 0. The quantitative estimate of drug-likeness (QED) is 0.626. The van der Waals surface area contributed by atoms with Crippen molar-refractivity contribution in [3.63, 3.8) is 0 Å². The molecule has 68 valence electrons. The maximum absolute atomic E-state index is 5.45. The third-order valence-electron chi connectivity index (χ3n) is 1.35. The average molecular weight is 161 g/mol. The van der Waals surface area contributed by atoms with Crippen molar-refractivity contribution < 1.29 is 9.47 Å². The van der Waals surface area contributed by atoms with Gasteiger partial charge >= 0.3 is 0 Å². The molecule has 3 nitrogen and oxygen atoms in total. The van der Waals surface area contributed by atoms with Crippen LogP contribution < -0.4 is 5.73 Å². The van der Waals surface area contributed by atoms with E-state index in [2.05, 4.69) is 0 Å². The Balaban J connectivity index is 3.27.